The highest BCUT2D eigenvalue weighted by atomic mass is 32.2. The van der Waals surface area contributed by atoms with Crippen LogP contribution >= 0.6 is 0 Å². The first-order chi connectivity index (χ1) is 10.1. The Balaban J connectivity index is 1.69. The fraction of sp³-hybridized carbons (Fsp3) is 1.00. The molecular formula is C15H31N3O2S. The molecule has 0 amide bonds. The van der Waals surface area contributed by atoms with Crippen LogP contribution in [0.2, 0.25) is 0 Å². The van der Waals surface area contributed by atoms with E-state index in [9.17, 15) is 8.42 Å². The lowest BCUT2D eigenvalue weighted by molar-refractivity contribution is 0.206. The summed E-state index contributed by atoms with van der Waals surface area (Å²) in [5.41, 5.74) is 0. The van der Waals surface area contributed by atoms with Crippen molar-refractivity contribution in [2.75, 3.05) is 52.1 Å². The highest BCUT2D eigenvalue weighted by Crippen LogP contribution is 2.22. The summed E-state index contributed by atoms with van der Waals surface area (Å²) in [5.74, 6) is 1.00. The van der Waals surface area contributed by atoms with E-state index in [4.69, 9.17) is 0 Å². The Hall–Kier alpha value is -0.170. The van der Waals surface area contributed by atoms with E-state index < -0.39 is 10.0 Å². The van der Waals surface area contributed by atoms with E-state index in [0.717, 1.165) is 45.3 Å². The van der Waals surface area contributed by atoms with Crippen LogP contribution in [-0.2, 0) is 10.0 Å². The predicted molar refractivity (Wildman–Crippen MR) is 86.9 cm³/mol. The Bertz CT molecular complexity index is 386. The van der Waals surface area contributed by atoms with Gasteiger partial charge in [-0.05, 0) is 71.1 Å². The summed E-state index contributed by atoms with van der Waals surface area (Å²) in [4.78, 5) is 2.55. The molecule has 0 aromatic rings. The highest BCUT2D eigenvalue weighted by molar-refractivity contribution is 7.89. The Labute approximate surface area is 130 Å². The standard InChI is InChI=1S/C15H31N3O2S/c1-16-8-2-5-13-21(19,20)18-11-6-15(7-12-18)14-17-9-3-4-10-17/h15-16H,2-14H2,1H3. The Morgan fingerprint density at radius 2 is 1.71 bits per heavy atom. The average molecular weight is 317 g/mol. The second-order valence-corrected chi connectivity index (χ2v) is 8.57. The lowest BCUT2D eigenvalue weighted by atomic mass is 9.98. The van der Waals surface area contributed by atoms with E-state index in [2.05, 4.69) is 10.2 Å². The molecule has 6 heteroatoms. The Morgan fingerprint density at radius 3 is 2.33 bits per heavy atom. The molecule has 21 heavy (non-hydrogen) atoms. The number of piperidine rings is 1. The largest absolute Gasteiger partial charge is 0.320 e. The van der Waals surface area contributed by atoms with Gasteiger partial charge in [0, 0.05) is 19.6 Å². The van der Waals surface area contributed by atoms with E-state index in [1.807, 2.05) is 7.05 Å². The highest BCUT2D eigenvalue weighted by Gasteiger charge is 2.28. The summed E-state index contributed by atoms with van der Waals surface area (Å²) in [6, 6.07) is 0. The van der Waals surface area contributed by atoms with Gasteiger partial charge in [0.25, 0.3) is 0 Å². The molecule has 0 bridgehead atoms. The number of likely N-dealkylation sites (tertiary alicyclic amines) is 1. The quantitative estimate of drug-likeness (QED) is 0.682. The zero-order valence-electron chi connectivity index (χ0n) is 13.4. The molecule has 0 aliphatic carbocycles. The van der Waals surface area contributed by atoms with Crippen molar-refractivity contribution in [1.29, 1.82) is 0 Å². The van der Waals surface area contributed by atoms with E-state index in [1.165, 1.54) is 32.5 Å². The Kier molecular flexibility index (Phi) is 6.92. The number of unbranched alkanes of at least 4 members (excludes halogenated alkanes) is 1. The molecule has 0 spiro atoms. The van der Waals surface area contributed by atoms with Gasteiger partial charge in [-0.2, -0.15) is 0 Å². The Morgan fingerprint density at radius 1 is 1.05 bits per heavy atom. The van der Waals surface area contributed by atoms with Gasteiger partial charge >= 0.3 is 0 Å². The molecule has 2 fully saturated rings. The molecule has 2 aliphatic heterocycles. The van der Waals surface area contributed by atoms with Crippen LogP contribution < -0.4 is 5.32 Å². The summed E-state index contributed by atoms with van der Waals surface area (Å²) >= 11 is 0. The first-order valence-electron chi connectivity index (χ1n) is 8.46. The lowest BCUT2D eigenvalue weighted by Gasteiger charge is -2.33. The van der Waals surface area contributed by atoms with E-state index in [0.29, 0.717) is 11.7 Å². The maximum Gasteiger partial charge on any atom is 0.214 e. The molecule has 5 nitrogen and oxygen atoms in total. The summed E-state index contributed by atoms with van der Waals surface area (Å²) in [5, 5.41) is 3.06. The second kappa shape index (κ2) is 8.46. The summed E-state index contributed by atoms with van der Waals surface area (Å²) < 4.78 is 26.3. The van der Waals surface area contributed by atoms with Gasteiger partial charge in [0.2, 0.25) is 10.0 Å². The number of hydrogen-bond acceptors (Lipinski definition) is 4. The molecule has 2 heterocycles. The molecule has 0 radical (unpaired) electrons. The first-order valence-corrected chi connectivity index (χ1v) is 10.1. The molecule has 0 unspecified atom stereocenters. The van der Waals surface area contributed by atoms with Crippen LogP contribution in [0, 0.1) is 5.92 Å². The maximum atomic E-state index is 12.3. The fourth-order valence-corrected chi connectivity index (χ4v) is 5.01. The minimum absolute atomic E-state index is 0.311. The van der Waals surface area contributed by atoms with Crippen molar-refractivity contribution in [1.82, 2.24) is 14.5 Å². The van der Waals surface area contributed by atoms with E-state index in [1.54, 1.807) is 4.31 Å². The van der Waals surface area contributed by atoms with Crippen molar-refractivity contribution in [3.8, 4) is 0 Å². The van der Waals surface area contributed by atoms with Gasteiger partial charge in [-0.1, -0.05) is 0 Å². The molecule has 0 aromatic heterocycles. The summed E-state index contributed by atoms with van der Waals surface area (Å²) in [7, 11) is -1.12. The monoisotopic (exact) mass is 317 g/mol. The van der Waals surface area contributed by atoms with E-state index >= 15 is 0 Å². The molecule has 0 aromatic carbocycles. The normalized spacial score (nSPS) is 22.9. The zero-order valence-corrected chi connectivity index (χ0v) is 14.2. The number of rotatable bonds is 8. The van der Waals surface area contributed by atoms with Gasteiger partial charge in [-0.15, -0.1) is 0 Å². The van der Waals surface area contributed by atoms with Crippen LogP contribution in [0.1, 0.15) is 38.5 Å². The van der Waals surface area contributed by atoms with Gasteiger partial charge in [-0.3, -0.25) is 0 Å². The van der Waals surface area contributed by atoms with Crippen molar-refractivity contribution in [3.05, 3.63) is 0 Å². The van der Waals surface area contributed by atoms with Crippen molar-refractivity contribution >= 4 is 10.0 Å². The molecule has 2 aliphatic rings. The second-order valence-electron chi connectivity index (χ2n) is 6.48. The van der Waals surface area contributed by atoms with Crippen LogP contribution in [0.3, 0.4) is 0 Å². The maximum absolute atomic E-state index is 12.3. The van der Waals surface area contributed by atoms with Crippen LogP contribution in [0.15, 0.2) is 0 Å². The third kappa shape index (κ3) is 5.51. The van der Waals surface area contributed by atoms with E-state index in [-0.39, 0.29) is 0 Å². The molecule has 1 N–H and O–H groups in total. The summed E-state index contributed by atoms with van der Waals surface area (Å²) in [6.45, 7) is 6.01. The molecule has 0 atom stereocenters. The van der Waals surface area contributed by atoms with Crippen molar-refractivity contribution < 1.29 is 8.42 Å². The predicted octanol–water partition coefficient (Wildman–Crippen LogP) is 1.12. The van der Waals surface area contributed by atoms with Gasteiger partial charge in [0.05, 0.1) is 5.75 Å². The molecule has 124 valence electrons. The van der Waals surface area contributed by atoms with Gasteiger partial charge < -0.3 is 10.2 Å². The molecule has 0 saturated carbocycles. The fourth-order valence-electron chi connectivity index (χ4n) is 3.42. The topological polar surface area (TPSA) is 52.7 Å². The van der Waals surface area contributed by atoms with Crippen LogP contribution in [0.5, 0.6) is 0 Å². The lowest BCUT2D eigenvalue weighted by Crippen LogP contribution is -2.42. The third-order valence-electron chi connectivity index (χ3n) is 4.76. The first kappa shape index (κ1) is 17.2. The van der Waals surface area contributed by atoms with Gasteiger partial charge in [-0.25, -0.2) is 12.7 Å². The van der Waals surface area contributed by atoms with Crippen LogP contribution in [0.4, 0.5) is 0 Å². The number of hydrogen-bond donors (Lipinski definition) is 1. The molecule has 2 saturated heterocycles. The SMILES string of the molecule is CNCCCCS(=O)(=O)N1CCC(CN2CCCC2)CC1. The van der Waals surface area contributed by atoms with Gasteiger partial charge in [0.15, 0.2) is 0 Å². The van der Waals surface area contributed by atoms with Gasteiger partial charge in [0.1, 0.15) is 0 Å². The molecular weight excluding hydrogens is 286 g/mol. The minimum Gasteiger partial charge on any atom is -0.320 e. The smallest absolute Gasteiger partial charge is 0.214 e. The van der Waals surface area contributed by atoms with Crippen molar-refractivity contribution in [3.63, 3.8) is 0 Å². The number of nitrogens with one attached hydrogen (secondary N) is 1. The van der Waals surface area contributed by atoms with Crippen molar-refractivity contribution in [2.45, 2.75) is 38.5 Å². The average Bonchev–Trinajstić information content (AvgIpc) is 2.97. The number of nitrogens with zero attached hydrogens (tertiary/aromatic N) is 2. The number of sulfonamides is 1. The van der Waals surface area contributed by atoms with Crippen LogP contribution in [-0.4, -0.2) is 69.7 Å². The summed E-state index contributed by atoms with van der Waals surface area (Å²) in [6.07, 6.45) is 6.43. The zero-order chi connectivity index (χ0) is 15.1. The van der Waals surface area contributed by atoms with Crippen molar-refractivity contribution in [2.24, 2.45) is 5.92 Å². The third-order valence-corrected chi connectivity index (χ3v) is 6.72. The molecule has 2 rings (SSSR count). The minimum atomic E-state index is -3.02. The van der Waals surface area contributed by atoms with Crippen LogP contribution in [0.25, 0.3) is 0 Å².